The first-order chi connectivity index (χ1) is 6.33. The Morgan fingerprint density at radius 2 is 2.08 bits per heavy atom. The molecule has 0 bridgehead atoms. The van der Waals surface area contributed by atoms with E-state index in [1.165, 1.54) is 0 Å². The molecule has 0 aliphatic heterocycles. The summed E-state index contributed by atoms with van der Waals surface area (Å²) in [4.78, 5) is 0. The molecular weight excluding hydrogens is 160 g/mol. The quantitative estimate of drug-likeness (QED) is 0.653. The standard InChI is InChI=1S/C12H13O/c1-2-5-10-8-9-6-3-4-7-11(9)12(10)13/h3-4,6-8,12H,2,5H2,1H3. The fourth-order valence-corrected chi connectivity index (χ4v) is 1.85. The normalized spacial score (nSPS) is 19.8. The zero-order valence-corrected chi connectivity index (χ0v) is 7.79. The highest BCUT2D eigenvalue weighted by molar-refractivity contribution is 5.65. The summed E-state index contributed by atoms with van der Waals surface area (Å²) in [6.45, 7) is 2.11. The lowest BCUT2D eigenvalue weighted by molar-refractivity contribution is 0.121. The maximum atomic E-state index is 11.8. The molecule has 1 aromatic carbocycles. The highest BCUT2D eigenvalue weighted by Gasteiger charge is 2.22. The van der Waals surface area contributed by atoms with Gasteiger partial charge in [0.1, 0.15) is 6.10 Å². The topological polar surface area (TPSA) is 19.9 Å². The number of hydrogen-bond acceptors (Lipinski definition) is 0. The highest BCUT2D eigenvalue weighted by atomic mass is 16.3. The molecule has 1 atom stereocenters. The molecule has 1 aliphatic carbocycles. The lowest BCUT2D eigenvalue weighted by atomic mass is 10.0. The van der Waals surface area contributed by atoms with E-state index in [9.17, 15) is 5.11 Å². The van der Waals surface area contributed by atoms with Gasteiger partial charge in [-0.2, -0.15) is 0 Å². The summed E-state index contributed by atoms with van der Waals surface area (Å²) in [6, 6.07) is 7.87. The first-order valence-electron chi connectivity index (χ1n) is 4.78. The van der Waals surface area contributed by atoms with Crippen molar-refractivity contribution >= 4 is 6.08 Å². The summed E-state index contributed by atoms with van der Waals surface area (Å²) in [6.07, 6.45) is 3.44. The monoisotopic (exact) mass is 173 g/mol. The molecule has 1 radical (unpaired) electrons. The molecule has 67 valence electrons. The van der Waals surface area contributed by atoms with Crippen LogP contribution in [0, 0.1) is 0 Å². The van der Waals surface area contributed by atoms with Crippen LogP contribution in [0.3, 0.4) is 0 Å². The van der Waals surface area contributed by atoms with Crippen LogP contribution in [0.5, 0.6) is 0 Å². The Morgan fingerprint density at radius 3 is 2.77 bits per heavy atom. The first-order valence-corrected chi connectivity index (χ1v) is 4.78. The second kappa shape index (κ2) is 3.35. The van der Waals surface area contributed by atoms with E-state index >= 15 is 0 Å². The lowest BCUT2D eigenvalue weighted by Gasteiger charge is -2.05. The highest BCUT2D eigenvalue weighted by Crippen LogP contribution is 2.36. The van der Waals surface area contributed by atoms with Gasteiger partial charge in [0.2, 0.25) is 0 Å². The molecular formula is C12H13O. The van der Waals surface area contributed by atoms with E-state index in [1.807, 2.05) is 24.3 Å². The van der Waals surface area contributed by atoms with Gasteiger partial charge in [0, 0.05) is 0 Å². The molecule has 1 aliphatic rings. The average molecular weight is 173 g/mol. The summed E-state index contributed by atoms with van der Waals surface area (Å²) >= 11 is 0. The van der Waals surface area contributed by atoms with Crippen LogP contribution in [-0.4, -0.2) is 0 Å². The molecule has 1 unspecified atom stereocenters. The maximum Gasteiger partial charge on any atom is 0.140 e. The fourth-order valence-electron chi connectivity index (χ4n) is 1.85. The van der Waals surface area contributed by atoms with Crippen LogP contribution in [0.1, 0.15) is 37.0 Å². The van der Waals surface area contributed by atoms with Crippen molar-refractivity contribution < 1.29 is 5.11 Å². The number of hydrogen-bond donors (Lipinski definition) is 0. The van der Waals surface area contributed by atoms with Crippen molar-refractivity contribution in [1.29, 1.82) is 0 Å². The van der Waals surface area contributed by atoms with Gasteiger partial charge < -0.3 is 0 Å². The van der Waals surface area contributed by atoms with Crippen molar-refractivity contribution in [3.63, 3.8) is 0 Å². The molecule has 0 fully saturated rings. The Kier molecular flexibility index (Phi) is 2.19. The Balaban J connectivity index is 2.33. The maximum absolute atomic E-state index is 11.8. The molecule has 0 heterocycles. The van der Waals surface area contributed by atoms with Crippen LogP contribution in [0.15, 0.2) is 29.8 Å². The zero-order chi connectivity index (χ0) is 9.26. The van der Waals surface area contributed by atoms with E-state index in [4.69, 9.17) is 0 Å². The summed E-state index contributed by atoms with van der Waals surface area (Å²) in [5.74, 6) is 0. The molecule has 13 heavy (non-hydrogen) atoms. The second-order valence-electron chi connectivity index (χ2n) is 3.48. The van der Waals surface area contributed by atoms with Crippen molar-refractivity contribution in [3.8, 4) is 0 Å². The first kappa shape index (κ1) is 8.52. The Labute approximate surface area is 78.7 Å². The van der Waals surface area contributed by atoms with Gasteiger partial charge in [-0.15, -0.1) is 0 Å². The predicted molar refractivity (Wildman–Crippen MR) is 52.8 cm³/mol. The van der Waals surface area contributed by atoms with Crippen LogP contribution >= 0.6 is 0 Å². The Bertz CT molecular complexity index is 339. The van der Waals surface area contributed by atoms with Gasteiger partial charge in [0.05, 0.1) is 0 Å². The molecule has 1 heteroatoms. The molecule has 2 rings (SSSR count). The molecule has 1 nitrogen and oxygen atoms in total. The Hall–Kier alpha value is -1.08. The van der Waals surface area contributed by atoms with Crippen LogP contribution in [0.25, 0.3) is 6.08 Å². The second-order valence-corrected chi connectivity index (χ2v) is 3.48. The van der Waals surface area contributed by atoms with E-state index in [0.717, 1.165) is 29.5 Å². The van der Waals surface area contributed by atoms with Gasteiger partial charge >= 0.3 is 0 Å². The van der Waals surface area contributed by atoms with Crippen LogP contribution < -0.4 is 0 Å². The number of benzene rings is 1. The lowest BCUT2D eigenvalue weighted by Crippen LogP contribution is -1.94. The summed E-state index contributed by atoms with van der Waals surface area (Å²) in [5, 5.41) is 11.8. The van der Waals surface area contributed by atoms with E-state index in [1.54, 1.807) is 0 Å². The van der Waals surface area contributed by atoms with E-state index in [-0.39, 0.29) is 0 Å². The van der Waals surface area contributed by atoms with Crippen LogP contribution in [0.4, 0.5) is 0 Å². The number of rotatable bonds is 2. The van der Waals surface area contributed by atoms with Crippen molar-refractivity contribution in [2.45, 2.75) is 25.9 Å². The van der Waals surface area contributed by atoms with Gasteiger partial charge in [-0.25, -0.2) is 5.11 Å². The van der Waals surface area contributed by atoms with Crippen molar-refractivity contribution in [3.05, 3.63) is 41.0 Å². The smallest absolute Gasteiger partial charge is 0.140 e. The molecule has 0 N–H and O–H groups in total. The largest absolute Gasteiger partial charge is 0.223 e. The summed E-state index contributed by atoms with van der Waals surface area (Å²) < 4.78 is 0. The Morgan fingerprint density at radius 1 is 1.31 bits per heavy atom. The predicted octanol–water partition coefficient (Wildman–Crippen LogP) is 3.36. The average Bonchev–Trinajstić information content (AvgIpc) is 2.46. The van der Waals surface area contributed by atoms with Crippen molar-refractivity contribution in [2.24, 2.45) is 0 Å². The zero-order valence-electron chi connectivity index (χ0n) is 7.79. The van der Waals surface area contributed by atoms with Gasteiger partial charge in [0.25, 0.3) is 0 Å². The third kappa shape index (κ3) is 1.40. The van der Waals surface area contributed by atoms with E-state index in [0.29, 0.717) is 0 Å². The third-order valence-electron chi connectivity index (χ3n) is 2.49. The van der Waals surface area contributed by atoms with Gasteiger partial charge in [-0.05, 0) is 23.1 Å². The van der Waals surface area contributed by atoms with Crippen molar-refractivity contribution in [2.75, 3.05) is 0 Å². The SMILES string of the molecule is CCCC1=Cc2ccccc2C1[O]. The molecule has 0 saturated heterocycles. The van der Waals surface area contributed by atoms with E-state index < -0.39 is 6.10 Å². The molecule has 1 aromatic rings. The fraction of sp³-hybridized carbons (Fsp3) is 0.333. The minimum atomic E-state index is -0.601. The van der Waals surface area contributed by atoms with Crippen molar-refractivity contribution in [1.82, 2.24) is 0 Å². The molecule has 0 aromatic heterocycles. The minimum absolute atomic E-state index is 0.601. The van der Waals surface area contributed by atoms with Gasteiger partial charge in [-0.3, -0.25) is 0 Å². The summed E-state index contributed by atoms with van der Waals surface area (Å²) in [5.41, 5.74) is 3.11. The van der Waals surface area contributed by atoms with Gasteiger partial charge in [0.15, 0.2) is 0 Å². The van der Waals surface area contributed by atoms with Crippen LogP contribution in [0.2, 0.25) is 0 Å². The minimum Gasteiger partial charge on any atom is -0.223 e. The molecule has 0 spiro atoms. The summed E-state index contributed by atoms with van der Waals surface area (Å²) in [7, 11) is 0. The molecule has 0 amide bonds. The van der Waals surface area contributed by atoms with Gasteiger partial charge in [-0.1, -0.05) is 43.7 Å². The third-order valence-corrected chi connectivity index (χ3v) is 2.49. The molecule has 0 saturated carbocycles. The van der Waals surface area contributed by atoms with E-state index in [2.05, 4.69) is 13.0 Å². The number of fused-ring (bicyclic) bond motifs is 1. The van der Waals surface area contributed by atoms with Crippen LogP contribution in [-0.2, 0) is 5.11 Å².